The van der Waals surface area contributed by atoms with E-state index in [0.717, 1.165) is 79.0 Å². The van der Waals surface area contributed by atoms with Gasteiger partial charge < -0.3 is 0 Å². The summed E-state index contributed by atoms with van der Waals surface area (Å²) in [6, 6.07) is 81.5. The van der Waals surface area contributed by atoms with E-state index in [1.165, 1.54) is 7.22 Å². The van der Waals surface area contributed by atoms with Crippen LogP contribution >= 0.6 is 0 Å². The molecule has 10 aromatic rings. The van der Waals surface area contributed by atoms with Crippen LogP contribution in [0.25, 0.3) is 39.0 Å². The van der Waals surface area contributed by atoms with Gasteiger partial charge in [-0.15, -0.1) is 0 Å². The molecule has 0 amide bonds. The molecule has 0 N–H and O–H groups in total. The molecule has 0 spiro atoms. The van der Waals surface area contributed by atoms with Crippen molar-refractivity contribution in [2.45, 2.75) is 0 Å². The Bertz CT molecular complexity index is 3250. The Morgan fingerprint density at radius 1 is 0.484 bits per heavy atom. The van der Waals surface area contributed by atoms with E-state index in [1.807, 2.05) is 30.3 Å². The molecule has 2 aliphatic heterocycles. The minimum atomic E-state index is -0.721. The maximum atomic E-state index is 6.74. The SMILES string of the molecule is [Pt].[c-]1c(Oc2[c-]c3c(cc2)[Te]c2ccccc2N3c2nc3ccccc3n2-c2ccccc2)cccc1N1[CH-]N(c2c(-c3ccccc3)cccc2-c2ccccc2)c2ccccc21. The molecule has 64 heavy (non-hydrogen) atoms. The fourth-order valence-corrected chi connectivity index (χ4v) is 11.6. The molecule has 0 saturated carbocycles. The summed E-state index contributed by atoms with van der Waals surface area (Å²) in [6.07, 6.45) is 0. The molecule has 0 unspecified atom stereocenters. The fraction of sp³-hybridized carbons (Fsp3) is 0. The van der Waals surface area contributed by atoms with Crippen LogP contribution in [0.15, 0.2) is 212 Å². The molecule has 1 aromatic heterocycles. The van der Waals surface area contributed by atoms with Crippen LogP contribution in [-0.2, 0) is 21.1 Å². The Morgan fingerprint density at radius 3 is 1.81 bits per heavy atom. The number of ether oxygens (including phenoxy) is 1. The van der Waals surface area contributed by atoms with E-state index < -0.39 is 20.9 Å². The van der Waals surface area contributed by atoms with Crippen molar-refractivity contribution >= 4 is 79.3 Å². The van der Waals surface area contributed by atoms with Gasteiger partial charge in [-0.05, 0) is 11.1 Å². The number of benzene rings is 9. The van der Waals surface area contributed by atoms with Gasteiger partial charge in [-0.3, -0.25) is 0 Å². The van der Waals surface area contributed by atoms with Crippen molar-refractivity contribution < 1.29 is 25.8 Å². The van der Waals surface area contributed by atoms with Gasteiger partial charge in [0, 0.05) is 32.2 Å². The second kappa shape index (κ2) is 17.0. The molecule has 0 fully saturated rings. The van der Waals surface area contributed by atoms with Gasteiger partial charge in [-0.2, -0.15) is 0 Å². The maximum absolute atomic E-state index is 6.74. The Kier molecular flexibility index (Phi) is 10.6. The molecular weight excluding hydrogens is 1080 g/mol. The average Bonchev–Trinajstić information content (AvgIpc) is 3.93. The zero-order valence-corrected chi connectivity index (χ0v) is 38.8. The van der Waals surface area contributed by atoms with Crippen LogP contribution in [-0.4, -0.2) is 30.5 Å². The van der Waals surface area contributed by atoms with Crippen molar-refractivity contribution in [1.82, 2.24) is 9.55 Å². The van der Waals surface area contributed by atoms with Crippen molar-refractivity contribution in [3.8, 4) is 39.4 Å². The summed E-state index contributed by atoms with van der Waals surface area (Å²) in [5, 5.41) is 0. The molecule has 0 atom stereocenters. The number of hydrogen-bond acceptors (Lipinski definition) is 5. The predicted octanol–water partition coefficient (Wildman–Crippen LogP) is 12.6. The molecule has 0 radical (unpaired) electrons. The van der Waals surface area contributed by atoms with Crippen molar-refractivity contribution in [3.05, 3.63) is 231 Å². The molecule has 12 rings (SSSR count). The van der Waals surface area contributed by atoms with E-state index in [0.29, 0.717) is 11.5 Å². The quantitative estimate of drug-likeness (QED) is 0.112. The number of rotatable bonds is 8. The molecule has 2 aliphatic rings. The average molecular weight is 1120 g/mol. The number of para-hydroxylation sites is 7. The van der Waals surface area contributed by atoms with Crippen LogP contribution in [0.4, 0.5) is 40.1 Å². The summed E-state index contributed by atoms with van der Waals surface area (Å²) in [5.74, 6) is 2.01. The molecule has 9 aromatic carbocycles. The molecule has 8 heteroatoms. The number of hydrogen-bond donors (Lipinski definition) is 0. The first-order valence-corrected chi connectivity index (χ1v) is 23.2. The zero-order chi connectivity index (χ0) is 41.7. The van der Waals surface area contributed by atoms with Crippen molar-refractivity contribution in [2.75, 3.05) is 14.7 Å². The first-order valence-electron chi connectivity index (χ1n) is 20.9. The summed E-state index contributed by atoms with van der Waals surface area (Å²) in [7, 11) is 0. The first-order chi connectivity index (χ1) is 31.2. The van der Waals surface area contributed by atoms with Crippen molar-refractivity contribution in [1.29, 1.82) is 0 Å². The van der Waals surface area contributed by atoms with Gasteiger partial charge in [0.1, 0.15) is 0 Å². The van der Waals surface area contributed by atoms with Gasteiger partial charge >= 0.3 is 272 Å². The summed E-state index contributed by atoms with van der Waals surface area (Å²) < 4.78 is 11.6. The summed E-state index contributed by atoms with van der Waals surface area (Å²) in [6.45, 7) is 2.18. The molecule has 310 valence electrons. The van der Waals surface area contributed by atoms with Crippen LogP contribution in [0.5, 0.6) is 11.5 Å². The van der Waals surface area contributed by atoms with E-state index in [-0.39, 0.29) is 21.1 Å². The number of fused-ring (bicyclic) bond motifs is 4. The summed E-state index contributed by atoms with van der Waals surface area (Å²) >= 11 is -0.721. The minimum absolute atomic E-state index is 0. The van der Waals surface area contributed by atoms with E-state index in [1.54, 1.807) is 0 Å². The molecular formula is C56H36N5OPtTe-3. The number of imidazole rings is 1. The number of anilines is 7. The predicted molar refractivity (Wildman–Crippen MR) is 257 cm³/mol. The van der Waals surface area contributed by atoms with Gasteiger partial charge in [0.25, 0.3) is 0 Å². The molecule has 0 aliphatic carbocycles. The van der Waals surface area contributed by atoms with Crippen LogP contribution < -0.4 is 26.7 Å². The van der Waals surface area contributed by atoms with E-state index in [4.69, 9.17) is 9.72 Å². The summed E-state index contributed by atoms with van der Waals surface area (Å²) in [5.41, 5.74) is 13.8. The Balaban J connectivity index is 0.00000456. The van der Waals surface area contributed by atoms with Gasteiger partial charge in [0.05, 0.1) is 0 Å². The number of nitrogens with zero attached hydrogens (tertiary/aromatic N) is 5. The Labute approximate surface area is 397 Å². The van der Waals surface area contributed by atoms with Crippen molar-refractivity contribution in [3.63, 3.8) is 0 Å². The molecule has 3 heterocycles. The Morgan fingerprint density at radius 2 is 1.08 bits per heavy atom. The third-order valence-corrected chi connectivity index (χ3v) is 14.7. The van der Waals surface area contributed by atoms with Crippen LogP contribution in [0, 0.1) is 18.8 Å². The van der Waals surface area contributed by atoms with Crippen molar-refractivity contribution in [2.24, 2.45) is 0 Å². The summed E-state index contributed by atoms with van der Waals surface area (Å²) in [4.78, 5) is 12.1. The zero-order valence-electron chi connectivity index (χ0n) is 34.2. The fourth-order valence-electron chi connectivity index (χ4n) is 8.67. The van der Waals surface area contributed by atoms with Gasteiger partial charge in [-0.1, -0.05) is 84.9 Å². The third kappa shape index (κ3) is 7.07. The second-order valence-corrected chi connectivity index (χ2v) is 18.4. The molecule has 0 bridgehead atoms. The monoisotopic (exact) mass is 1120 g/mol. The third-order valence-electron chi connectivity index (χ3n) is 11.5. The Hall–Kier alpha value is -6.87. The van der Waals surface area contributed by atoms with Gasteiger partial charge in [-0.25, -0.2) is 0 Å². The molecule has 6 nitrogen and oxygen atoms in total. The van der Waals surface area contributed by atoms with E-state index in [9.17, 15) is 0 Å². The van der Waals surface area contributed by atoms with Crippen LogP contribution in [0.1, 0.15) is 0 Å². The normalized spacial score (nSPS) is 12.7. The first kappa shape index (κ1) is 39.9. The van der Waals surface area contributed by atoms with E-state index in [2.05, 4.69) is 220 Å². The second-order valence-electron chi connectivity index (χ2n) is 15.3. The van der Waals surface area contributed by atoms with Crippen LogP contribution in [0.2, 0.25) is 0 Å². The van der Waals surface area contributed by atoms with Gasteiger partial charge in [0.2, 0.25) is 0 Å². The molecule has 0 saturated heterocycles. The number of aromatic nitrogens is 2. The standard InChI is InChI=1S/C56H36N5OTe.Pt/c1-4-18-39(19-5-1)45-26-17-27-46(40-20-6-2-7-21-40)55(45)59-38-58(49-30-12-13-31-50(49)59)42-24-16-25-43(36-42)62-44-34-35-54-52(37-44)61(51-32-14-15-33-53(51)63-54)56-57-47-28-10-11-29-48(47)60(56)41-22-8-3-9-23-41;/h1-35,38H;/q-3;. The van der Waals surface area contributed by atoms with Gasteiger partial charge in [0.15, 0.2) is 0 Å². The van der Waals surface area contributed by atoms with E-state index >= 15 is 0 Å². The topological polar surface area (TPSA) is 36.8 Å². The van der Waals surface area contributed by atoms with Crippen LogP contribution in [0.3, 0.4) is 0 Å².